The molecule has 2 aliphatic heterocycles. The lowest BCUT2D eigenvalue weighted by molar-refractivity contribution is -0.253. The van der Waals surface area contributed by atoms with Crippen molar-refractivity contribution in [1.29, 1.82) is 0 Å². The highest BCUT2D eigenvalue weighted by Crippen LogP contribution is 2.46. The minimum atomic E-state index is -3.41. The van der Waals surface area contributed by atoms with Gasteiger partial charge < -0.3 is 44.5 Å². The SMILES string of the molecule is C#CCN(C)S(C)(=O)=O.C#CCNC(=O)N(C)C.C#CCNC(C)=O.C#CCNS(=O)(=O)c1ccccc1.C#CCNS(C)(=O)=O.C#C[C@@H]1O[C@H](CC)[C@@H](OCc2ccccc2)[C@H](OCc2ccccc2)[C@H]1OCc1ccccc1.Cc1ccc([C@@H]2C(CC[C@H](O)c3ccc(F)cc3)C(=O)N2c2ccc(I)cc2)cc1. The number of rotatable bonds is 25. The van der Waals surface area contributed by atoms with E-state index in [1.807, 2.05) is 103 Å². The molecule has 0 aliphatic carbocycles. The second-order valence-electron chi connectivity index (χ2n) is 24.5. The van der Waals surface area contributed by atoms with Gasteiger partial charge in [0.1, 0.15) is 30.2 Å². The van der Waals surface area contributed by atoms with Gasteiger partial charge >= 0.3 is 6.03 Å². The summed E-state index contributed by atoms with van der Waals surface area (Å²) >= 11 is 2.25. The number of hydrogen-bond acceptors (Lipinski definition) is 14. The molecule has 110 heavy (non-hydrogen) atoms. The van der Waals surface area contributed by atoms with Crippen molar-refractivity contribution >= 4 is 76.2 Å². The summed E-state index contributed by atoms with van der Waals surface area (Å²) in [5, 5.41) is 15.4. The molecule has 584 valence electrons. The Morgan fingerprint density at radius 2 is 1.08 bits per heavy atom. The van der Waals surface area contributed by atoms with Gasteiger partial charge in [0.2, 0.25) is 41.9 Å². The highest BCUT2D eigenvalue weighted by atomic mass is 127. The molecule has 9 rings (SSSR count). The zero-order chi connectivity index (χ0) is 81.7. The third-order valence-corrected chi connectivity index (χ3v) is 19.8. The highest BCUT2D eigenvalue weighted by molar-refractivity contribution is 14.1. The van der Waals surface area contributed by atoms with Gasteiger partial charge in [-0.2, -0.15) is 9.03 Å². The molecule has 0 bridgehead atoms. The van der Waals surface area contributed by atoms with E-state index in [0.29, 0.717) is 44.8 Å². The molecule has 8 atom stereocenters. The number of aliphatic hydroxyl groups is 1. The van der Waals surface area contributed by atoms with Crippen molar-refractivity contribution in [2.75, 3.05) is 71.3 Å². The van der Waals surface area contributed by atoms with Crippen molar-refractivity contribution in [3.8, 4) is 74.1 Å². The third kappa shape index (κ3) is 35.8. The Morgan fingerprint density at radius 3 is 1.49 bits per heavy atom. The number of halogens is 2. The monoisotopic (exact) mass is 1670 g/mol. The highest BCUT2D eigenvalue weighted by Gasteiger charge is 2.49. The van der Waals surface area contributed by atoms with E-state index in [9.17, 15) is 49.1 Å². The fourth-order valence-electron chi connectivity index (χ4n) is 10.0. The topological polar surface area (TPSA) is 269 Å². The first kappa shape index (κ1) is 94.5. The van der Waals surface area contributed by atoms with E-state index in [1.54, 1.807) is 44.4 Å². The predicted molar refractivity (Wildman–Crippen MR) is 439 cm³/mol. The van der Waals surface area contributed by atoms with Gasteiger partial charge in [-0.1, -0.05) is 194 Å². The number of anilines is 1. The Hall–Kier alpha value is -9.70. The van der Waals surface area contributed by atoms with Crippen LogP contribution in [-0.2, 0) is 78.4 Å². The average molecular weight is 1670 g/mol. The molecule has 21 nitrogen and oxygen atoms in total. The van der Waals surface area contributed by atoms with Crippen molar-refractivity contribution in [3.63, 3.8) is 0 Å². The second kappa shape index (κ2) is 50.9. The van der Waals surface area contributed by atoms with Crippen LogP contribution in [0.4, 0.5) is 14.9 Å². The van der Waals surface area contributed by atoms with Crippen LogP contribution >= 0.6 is 22.6 Å². The van der Waals surface area contributed by atoms with Crippen molar-refractivity contribution < 1.29 is 68.1 Å². The van der Waals surface area contributed by atoms with Gasteiger partial charge in [-0.25, -0.2) is 39.2 Å². The molecule has 0 radical (unpaired) electrons. The Morgan fingerprint density at radius 1 is 0.618 bits per heavy atom. The van der Waals surface area contributed by atoms with Crippen molar-refractivity contribution in [2.24, 2.45) is 5.92 Å². The number of terminal acetylenes is 6. The quantitative estimate of drug-likeness (QED) is 0.0202. The smallest absolute Gasteiger partial charge is 0.317 e. The summed E-state index contributed by atoms with van der Waals surface area (Å²) in [5.41, 5.74) is 7.08. The van der Waals surface area contributed by atoms with Crippen LogP contribution < -0.4 is 25.0 Å². The summed E-state index contributed by atoms with van der Waals surface area (Å²) in [6, 6.07) is 60.3. The number of ether oxygens (including phenoxy) is 4. The maximum absolute atomic E-state index is 13.1. The van der Waals surface area contributed by atoms with Crippen LogP contribution in [0.25, 0.3) is 0 Å². The maximum atomic E-state index is 13.1. The number of benzene rings is 7. The summed E-state index contributed by atoms with van der Waals surface area (Å²) in [6.07, 6.45) is 31.5. The minimum absolute atomic E-state index is 0.0111. The molecule has 7 aromatic carbocycles. The number of amides is 4. The van der Waals surface area contributed by atoms with Crippen LogP contribution in [-0.4, -0.2) is 154 Å². The molecule has 26 heteroatoms. The molecule has 1 unspecified atom stereocenters. The minimum Gasteiger partial charge on any atom is -0.388 e. The molecular weight excluding hydrogens is 1570 g/mol. The Balaban J connectivity index is 0.000000369. The Bertz CT molecular complexity index is 4540. The number of carbonyl (C=O) groups excluding carboxylic acids is 3. The molecule has 5 N–H and O–H groups in total. The van der Waals surface area contributed by atoms with Crippen LogP contribution in [0.15, 0.2) is 199 Å². The molecule has 2 heterocycles. The zero-order valence-corrected chi connectivity index (χ0v) is 67.5. The lowest BCUT2D eigenvalue weighted by atomic mass is 9.78. The number of nitrogens with one attached hydrogen (secondary N) is 4. The average Bonchev–Trinajstić information content (AvgIpc) is 0.736. The van der Waals surface area contributed by atoms with E-state index < -0.39 is 48.4 Å². The van der Waals surface area contributed by atoms with E-state index in [0.717, 1.165) is 54.7 Å². The van der Waals surface area contributed by atoms with Gasteiger partial charge in [0.15, 0.2) is 0 Å². The summed E-state index contributed by atoms with van der Waals surface area (Å²) < 4.78 is 110. The maximum Gasteiger partial charge on any atom is 0.317 e. The first-order chi connectivity index (χ1) is 52.4. The van der Waals surface area contributed by atoms with Crippen LogP contribution in [0, 0.1) is 96.3 Å². The molecule has 0 saturated carbocycles. The lowest BCUT2D eigenvalue weighted by Crippen LogP contribution is -2.59. The van der Waals surface area contributed by atoms with Gasteiger partial charge in [0, 0.05) is 37.3 Å². The largest absolute Gasteiger partial charge is 0.388 e. The summed E-state index contributed by atoms with van der Waals surface area (Å²) in [5.74, 6) is 13.4. The van der Waals surface area contributed by atoms with Gasteiger partial charge in [0.05, 0.1) is 94.1 Å². The van der Waals surface area contributed by atoms with Gasteiger partial charge in [0.25, 0.3) is 0 Å². The van der Waals surface area contributed by atoms with E-state index in [4.69, 9.17) is 57.5 Å². The predicted octanol–water partition coefficient (Wildman–Crippen LogP) is 10.4. The van der Waals surface area contributed by atoms with Crippen molar-refractivity contribution in [1.82, 2.24) is 29.3 Å². The molecule has 0 spiro atoms. The van der Waals surface area contributed by atoms with Gasteiger partial charge in [-0.05, 0) is 125 Å². The van der Waals surface area contributed by atoms with E-state index in [-0.39, 0.29) is 85.0 Å². The second-order valence-corrected chi connectivity index (χ2v) is 31.4. The zero-order valence-electron chi connectivity index (χ0n) is 62.9. The first-order valence-corrected chi connectivity index (χ1v) is 40.6. The first-order valence-electron chi connectivity index (χ1n) is 34.3. The van der Waals surface area contributed by atoms with E-state index in [1.165, 1.54) is 48.7 Å². The van der Waals surface area contributed by atoms with Crippen LogP contribution in [0.5, 0.6) is 0 Å². The van der Waals surface area contributed by atoms with Crippen molar-refractivity contribution in [2.45, 2.75) is 107 Å². The number of hydrogen-bond donors (Lipinski definition) is 5. The fourth-order valence-corrected chi connectivity index (χ4v) is 12.0. The number of sulfonamides is 3. The molecule has 2 aliphatic rings. The number of nitrogens with zero attached hydrogens (tertiary/aromatic N) is 3. The molecule has 0 aromatic heterocycles. The Kier molecular flexibility index (Phi) is 43.7. The van der Waals surface area contributed by atoms with Crippen LogP contribution in [0.3, 0.4) is 0 Å². The Labute approximate surface area is 664 Å². The van der Waals surface area contributed by atoms with E-state index >= 15 is 0 Å². The van der Waals surface area contributed by atoms with Crippen molar-refractivity contribution in [3.05, 3.63) is 237 Å². The number of carbonyl (C=O) groups is 3. The van der Waals surface area contributed by atoms with Gasteiger partial charge in [-0.3, -0.25) is 9.59 Å². The van der Waals surface area contributed by atoms with E-state index in [2.05, 4.69) is 134 Å². The number of urea groups is 1. The summed E-state index contributed by atoms with van der Waals surface area (Å²) in [4.78, 5) is 37.2. The number of β-lactam (4-membered cyclic amide) rings is 1. The van der Waals surface area contributed by atoms with Crippen LogP contribution in [0.2, 0.25) is 0 Å². The third-order valence-electron chi connectivity index (χ3n) is 15.7. The molecule has 2 saturated heterocycles. The summed E-state index contributed by atoms with van der Waals surface area (Å²) in [7, 11) is -4.81. The summed E-state index contributed by atoms with van der Waals surface area (Å²) in [6.45, 7) is 7.71. The normalized spacial score (nSPS) is 16.9. The fraction of sp³-hybridized carbons (Fsp3) is 0.321. The van der Waals surface area contributed by atoms with Gasteiger partial charge in [-0.15, -0.1) is 38.5 Å². The lowest BCUT2D eigenvalue weighted by Gasteiger charge is -2.48. The molecule has 4 amide bonds. The molecule has 2 fully saturated rings. The number of aryl methyl sites for hydroxylation is 1. The molecular formula is C84H97FIN7O14S3. The molecule has 7 aromatic rings. The van der Waals surface area contributed by atoms with Crippen LogP contribution in [0.1, 0.15) is 78.6 Å². The number of aliphatic hydroxyl groups excluding tert-OH is 1. The standard InChI is InChI=1S/C30H32O4.C25H23FINO2.C9H9NO2S.C6H10N2O.C5H9NO2S.C5H7NO.C4H7NO2S/c1-3-26-28(31-20-23-14-8-5-9-15-23)30(33-22-25-18-12-7-13-19-25)29(27(4-2)34-26)32-21-24-16-10-6-11-17-24;1-16-2-4-18(5-3-16)24-22(14-15-23(29)17-6-8-19(26)9-7-17)25(30)28(24)21-12-10-20(27)11-13-21;1-2-8-10-13(11,12)9-6-4-3-5-7-9;1-4-5-7-6(9)8(2)3;1-4-5-6(2)9(3,7)8;1-3-4-6-5(2)7;1-3-4-5-8(2,6)7/h1,5-19,26-30H,4,20-22H2,2H3;2-13,22-24,29H,14-15H2,1H3;1,3-7,10H,8H2;1H,5H2,2-3H3,(H,7,9);1H,5H2,2-3H3;1H,4H2,2H3,(H,6,7);1,5H,4H2,2H3/t26-,27+,28-,29+,30+;22?,23-,24+;;;;;/m00...../s1.